The van der Waals surface area contributed by atoms with Crippen molar-refractivity contribution in [3.63, 3.8) is 0 Å². The fraction of sp³-hybridized carbons (Fsp3) is 0.111. The Labute approximate surface area is 66.0 Å². The van der Waals surface area contributed by atoms with E-state index < -0.39 is 0 Å². The molecule has 2 nitrogen and oxygen atoms in total. The first-order valence-electron chi connectivity index (χ1n) is 3.29. The maximum Gasteiger partial charge on any atom is 0.106 e. The first-order chi connectivity index (χ1) is 5.34. The summed E-state index contributed by atoms with van der Waals surface area (Å²) in [6, 6.07) is 9.14. The third kappa shape index (κ3) is 1.99. The van der Waals surface area contributed by atoms with Gasteiger partial charge in [-0.2, -0.15) is 0 Å². The maximum absolute atomic E-state index is 9.21. The minimum absolute atomic E-state index is 0.212. The topological polar surface area (TPSA) is 23.5 Å². The van der Waals surface area contributed by atoms with Crippen LogP contribution in [0.3, 0.4) is 0 Å². The van der Waals surface area contributed by atoms with Crippen molar-refractivity contribution >= 4 is 5.69 Å². The molecular formula is C9H9NO. The van der Waals surface area contributed by atoms with Crippen molar-refractivity contribution in [1.29, 1.82) is 0 Å². The summed E-state index contributed by atoms with van der Waals surface area (Å²) >= 11 is 0. The monoisotopic (exact) mass is 147 g/mol. The number of hydrogen-bond acceptors (Lipinski definition) is 2. The van der Waals surface area contributed by atoms with Crippen LogP contribution in [0.5, 0.6) is 0 Å². The Morgan fingerprint density at radius 3 is 2.55 bits per heavy atom. The predicted molar refractivity (Wildman–Crippen MR) is 44.4 cm³/mol. The smallest absolute Gasteiger partial charge is 0.106 e. The van der Waals surface area contributed by atoms with E-state index in [0.717, 1.165) is 5.06 Å². The van der Waals surface area contributed by atoms with Crippen molar-refractivity contribution in [2.24, 2.45) is 0 Å². The van der Waals surface area contributed by atoms with Crippen LogP contribution in [0.1, 0.15) is 0 Å². The molecule has 2 heteroatoms. The van der Waals surface area contributed by atoms with Crippen LogP contribution in [0.15, 0.2) is 30.3 Å². The molecule has 0 aliphatic rings. The van der Waals surface area contributed by atoms with Gasteiger partial charge < -0.3 is 0 Å². The summed E-state index contributed by atoms with van der Waals surface area (Å²) in [7, 11) is 0. The van der Waals surface area contributed by atoms with Crippen LogP contribution in [0.25, 0.3) is 0 Å². The first kappa shape index (κ1) is 7.64. The Hall–Kier alpha value is -1.46. The fourth-order valence-corrected chi connectivity index (χ4v) is 0.778. The van der Waals surface area contributed by atoms with Crippen molar-refractivity contribution in [3.05, 3.63) is 30.3 Å². The number of hydrogen-bond donors (Lipinski definition) is 1. The van der Waals surface area contributed by atoms with E-state index in [2.05, 4.69) is 5.92 Å². The molecule has 1 N–H and O–H groups in total. The highest BCUT2D eigenvalue weighted by molar-refractivity contribution is 5.43. The van der Waals surface area contributed by atoms with Gasteiger partial charge in [0, 0.05) is 0 Å². The fourth-order valence-electron chi connectivity index (χ4n) is 0.778. The van der Waals surface area contributed by atoms with Gasteiger partial charge in [0.2, 0.25) is 0 Å². The summed E-state index contributed by atoms with van der Waals surface area (Å²) in [6.07, 6.45) is 5.02. The third-order valence-corrected chi connectivity index (χ3v) is 1.30. The molecule has 0 aliphatic carbocycles. The van der Waals surface area contributed by atoms with E-state index in [1.54, 1.807) is 12.1 Å². The minimum atomic E-state index is 0.212. The molecule has 1 rings (SSSR count). The number of para-hydroxylation sites is 1. The molecule has 0 heterocycles. The maximum atomic E-state index is 9.21. The highest BCUT2D eigenvalue weighted by Crippen LogP contribution is 2.09. The average molecular weight is 147 g/mol. The molecule has 0 amide bonds. The Balaban J connectivity index is 2.70. The van der Waals surface area contributed by atoms with Crippen molar-refractivity contribution in [2.75, 3.05) is 11.6 Å². The molecule has 0 saturated carbocycles. The van der Waals surface area contributed by atoms with Crippen molar-refractivity contribution in [3.8, 4) is 12.3 Å². The molecule has 11 heavy (non-hydrogen) atoms. The van der Waals surface area contributed by atoms with E-state index in [9.17, 15) is 5.21 Å². The standard InChI is InChI=1S/C9H9NO/c1-2-8-10(11)9-6-4-3-5-7-9/h1,3-7,11H,8H2. The first-order valence-corrected chi connectivity index (χ1v) is 3.29. The van der Waals surface area contributed by atoms with Crippen molar-refractivity contribution < 1.29 is 5.21 Å². The molecule has 0 aliphatic heterocycles. The van der Waals surface area contributed by atoms with Crippen molar-refractivity contribution in [1.82, 2.24) is 0 Å². The van der Waals surface area contributed by atoms with Gasteiger partial charge in [-0.1, -0.05) is 24.1 Å². The van der Waals surface area contributed by atoms with Gasteiger partial charge in [-0.3, -0.25) is 5.21 Å². The number of nitrogens with zero attached hydrogens (tertiary/aromatic N) is 1. The quantitative estimate of drug-likeness (QED) is 0.506. The van der Waals surface area contributed by atoms with Crippen molar-refractivity contribution in [2.45, 2.75) is 0 Å². The Morgan fingerprint density at radius 1 is 1.36 bits per heavy atom. The second-order valence-corrected chi connectivity index (χ2v) is 2.10. The molecule has 0 spiro atoms. The van der Waals surface area contributed by atoms with Gasteiger partial charge in [0.25, 0.3) is 0 Å². The molecule has 0 fully saturated rings. The second kappa shape index (κ2) is 3.65. The molecule has 1 aromatic carbocycles. The lowest BCUT2D eigenvalue weighted by Gasteiger charge is -2.12. The Morgan fingerprint density at radius 2 is 2.00 bits per heavy atom. The van der Waals surface area contributed by atoms with Crippen LogP contribution < -0.4 is 5.06 Å². The summed E-state index contributed by atoms with van der Waals surface area (Å²) in [4.78, 5) is 0. The minimum Gasteiger partial charge on any atom is -0.287 e. The zero-order chi connectivity index (χ0) is 8.10. The highest BCUT2D eigenvalue weighted by Gasteiger charge is 1.96. The highest BCUT2D eigenvalue weighted by atomic mass is 16.5. The molecule has 0 unspecified atom stereocenters. The number of terminal acetylenes is 1. The van der Waals surface area contributed by atoms with Crippen LogP contribution in [0.4, 0.5) is 5.69 Å². The molecule has 0 aromatic heterocycles. The SMILES string of the molecule is C#CCN(O)c1ccccc1. The van der Waals surface area contributed by atoms with Crippen LogP contribution in [0.2, 0.25) is 0 Å². The van der Waals surface area contributed by atoms with E-state index in [4.69, 9.17) is 6.42 Å². The zero-order valence-electron chi connectivity index (χ0n) is 6.07. The third-order valence-electron chi connectivity index (χ3n) is 1.30. The normalized spacial score (nSPS) is 8.73. The van der Waals surface area contributed by atoms with Gasteiger partial charge in [0.15, 0.2) is 0 Å². The van der Waals surface area contributed by atoms with E-state index in [-0.39, 0.29) is 6.54 Å². The van der Waals surface area contributed by atoms with E-state index in [0.29, 0.717) is 5.69 Å². The van der Waals surface area contributed by atoms with E-state index in [1.165, 1.54) is 0 Å². The summed E-state index contributed by atoms with van der Waals surface area (Å²) in [6.45, 7) is 0.212. The van der Waals surface area contributed by atoms with E-state index >= 15 is 0 Å². The molecule has 0 saturated heterocycles. The number of anilines is 1. The zero-order valence-corrected chi connectivity index (χ0v) is 6.07. The largest absolute Gasteiger partial charge is 0.287 e. The summed E-state index contributed by atoms with van der Waals surface area (Å²) in [5.41, 5.74) is 0.713. The summed E-state index contributed by atoms with van der Waals surface area (Å²) in [5, 5.41) is 10.2. The van der Waals surface area contributed by atoms with Gasteiger partial charge in [-0.15, -0.1) is 6.42 Å². The van der Waals surface area contributed by atoms with Crippen LogP contribution in [-0.2, 0) is 0 Å². The van der Waals surface area contributed by atoms with Crippen LogP contribution in [-0.4, -0.2) is 11.8 Å². The van der Waals surface area contributed by atoms with Crippen LogP contribution >= 0.6 is 0 Å². The molecule has 0 atom stereocenters. The summed E-state index contributed by atoms with van der Waals surface area (Å²) in [5.74, 6) is 2.34. The molecule has 1 aromatic rings. The molecule has 0 bridgehead atoms. The van der Waals surface area contributed by atoms with E-state index in [1.807, 2.05) is 18.2 Å². The van der Waals surface area contributed by atoms with Gasteiger partial charge in [-0.25, -0.2) is 5.06 Å². The Kier molecular flexibility index (Phi) is 2.53. The van der Waals surface area contributed by atoms with Gasteiger partial charge in [0.05, 0.1) is 5.69 Å². The molecular weight excluding hydrogens is 138 g/mol. The van der Waals surface area contributed by atoms with Gasteiger partial charge >= 0.3 is 0 Å². The lowest BCUT2D eigenvalue weighted by Crippen LogP contribution is -2.17. The number of rotatable bonds is 2. The number of hydroxylamine groups is 1. The predicted octanol–water partition coefficient (Wildman–Crippen LogP) is 1.52. The second-order valence-electron chi connectivity index (χ2n) is 2.10. The molecule has 0 radical (unpaired) electrons. The number of benzene rings is 1. The summed E-state index contributed by atoms with van der Waals surface area (Å²) < 4.78 is 0. The average Bonchev–Trinajstić information content (AvgIpc) is 2.07. The van der Waals surface area contributed by atoms with Crippen LogP contribution in [0, 0.1) is 12.3 Å². The Bertz CT molecular complexity index is 250. The van der Waals surface area contributed by atoms with Gasteiger partial charge in [0.1, 0.15) is 6.54 Å². The van der Waals surface area contributed by atoms with Gasteiger partial charge in [-0.05, 0) is 12.1 Å². The lowest BCUT2D eigenvalue weighted by molar-refractivity contribution is 0.268. The lowest BCUT2D eigenvalue weighted by atomic mass is 10.3. The molecule has 56 valence electrons.